The number of aromatic amines is 1. The highest BCUT2D eigenvalue weighted by Gasteiger charge is 2.24. The highest BCUT2D eigenvalue weighted by atomic mass is 16.5. The van der Waals surface area contributed by atoms with Gasteiger partial charge in [-0.2, -0.15) is 0 Å². The highest BCUT2D eigenvalue weighted by molar-refractivity contribution is 6.06. The van der Waals surface area contributed by atoms with Gasteiger partial charge in [-0.05, 0) is 57.5 Å². The fraction of sp³-hybridized carbons (Fsp3) is 0.231. The molecule has 0 aliphatic heterocycles. The van der Waals surface area contributed by atoms with Crippen molar-refractivity contribution in [2.75, 3.05) is 13.2 Å². The van der Waals surface area contributed by atoms with E-state index in [1.165, 1.54) is 0 Å². The maximum Gasteiger partial charge on any atom is 0.340 e. The van der Waals surface area contributed by atoms with E-state index in [0.29, 0.717) is 39.2 Å². The molecule has 8 heteroatoms. The van der Waals surface area contributed by atoms with E-state index in [9.17, 15) is 14.4 Å². The molecule has 4 rings (SSSR count). The van der Waals surface area contributed by atoms with E-state index in [1.54, 1.807) is 51.1 Å². The first-order chi connectivity index (χ1) is 16.3. The molecule has 3 heterocycles. The molecule has 0 saturated heterocycles. The third-order valence-corrected chi connectivity index (χ3v) is 5.46. The second-order valence-corrected chi connectivity index (χ2v) is 7.83. The van der Waals surface area contributed by atoms with Crippen molar-refractivity contribution in [3.8, 4) is 11.5 Å². The van der Waals surface area contributed by atoms with E-state index in [-0.39, 0.29) is 17.9 Å². The Balaban J connectivity index is 1.59. The number of H-pyrrole nitrogens is 1. The summed E-state index contributed by atoms with van der Waals surface area (Å²) in [4.78, 5) is 45.5. The van der Waals surface area contributed by atoms with Gasteiger partial charge in [-0.3, -0.25) is 4.79 Å². The molecule has 34 heavy (non-hydrogen) atoms. The van der Waals surface area contributed by atoms with Crippen molar-refractivity contribution in [3.63, 3.8) is 0 Å². The second kappa shape index (κ2) is 9.35. The number of hydrogen-bond acceptors (Lipinski definition) is 7. The largest absolute Gasteiger partial charge is 0.462 e. The lowest BCUT2D eigenvalue weighted by atomic mass is 10.1. The maximum absolute atomic E-state index is 13.0. The van der Waals surface area contributed by atoms with Crippen LogP contribution in [-0.2, 0) is 9.47 Å². The van der Waals surface area contributed by atoms with Crippen molar-refractivity contribution in [2.24, 2.45) is 0 Å². The Morgan fingerprint density at radius 1 is 1.00 bits per heavy atom. The number of Topliss-reactive ketones (excluding diaryl/α,β-unsaturated/α-hetero) is 1. The number of rotatable bonds is 7. The number of benzene rings is 1. The lowest BCUT2D eigenvalue weighted by Gasteiger charge is -2.09. The van der Waals surface area contributed by atoms with Gasteiger partial charge in [0.15, 0.2) is 12.4 Å². The highest BCUT2D eigenvalue weighted by Crippen LogP contribution is 2.27. The lowest BCUT2D eigenvalue weighted by Crippen LogP contribution is -2.16. The van der Waals surface area contributed by atoms with E-state index in [1.807, 2.05) is 19.1 Å². The predicted molar refractivity (Wildman–Crippen MR) is 125 cm³/mol. The monoisotopic (exact) mass is 460 g/mol. The third-order valence-electron chi connectivity index (χ3n) is 5.46. The van der Waals surface area contributed by atoms with Crippen LogP contribution >= 0.6 is 0 Å². The first-order valence-electron chi connectivity index (χ1n) is 10.8. The summed E-state index contributed by atoms with van der Waals surface area (Å²) < 4.78 is 16.1. The Morgan fingerprint density at radius 3 is 2.47 bits per heavy atom. The molecular formula is C26H24N2O6. The summed E-state index contributed by atoms with van der Waals surface area (Å²) in [7, 11) is 0. The number of carbonyl (C=O) groups is 3. The first-order valence-corrected chi connectivity index (χ1v) is 10.8. The lowest BCUT2D eigenvalue weighted by molar-refractivity contribution is 0.0474. The molecule has 0 fully saturated rings. The molecule has 4 aromatic rings. The van der Waals surface area contributed by atoms with E-state index in [0.717, 1.165) is 5.76 Å². The number of aryl methyl sites for hydroxylation is 2. The number of nitrogens with zero attached hydrogens (tertiary/aromatic N) is 1. The molecule has 0 aliphatic carbocycles. The van der Waals surface area contributed by atoms with Crippen molar-refractivity contribution in [3.05, 3.63) is 76.3 Å². The van der Waals surface area contributed by atoms with Gasteiger partial charge in [0.1, 0.15) is 11.5 Å². The number of nitrogens with one attached hydrogen (secondary N) is 1. The van der Waals surface area contributed by atoms with Crippen LogP contribution in [0.25, 0.3) is 22.4 Å². The minimum absolute atomic E-state index is 0.208. The smallest absolute Gasteiger partial charge is 0.340 e. The van der Waals surface area contributed by atoms with Crippen molar-refractivity contribution < 1.29 is 28.3 Å². The van der Waals surface area contributed by atoms with Crippen LogP contribution in [0.1, 0.15) is 55.1 Å². The van der Waals surface area contributed by atoms with Crippen LogP contribution in [-0.4, -0.2) is 40.9 Å². The summed E-state index contributed by atoms with van der Waals surface area (Å²) in [5.74, 6) is -0.377. The van der Waals surface area contributed by atoms with Crippen molar-refractivity contribution in [2.45, 2.75) is 27.7 Å². The van der Waals surface area contributed by atoms with E-state index >= 15 is 0 Å². The van der Waals surface area contributed by atoms with Crippen LogP contribution in [0.3, 0.4) is 0 Å². The van der Waals surface area contributed by atoms with Gasteiger partial charge in [-0.1, -0.05) is 18.2 Å². The number of furan rings is 1. The minimum Gasteiger partial charge on any atom is -0.462 e. The molecule has 0 atom stereocenters. The fourth-order valence-electron chi connectivity index (χ4n) is 3.86. The molecule has 1 N–H and O–H groups in total. The molecule has 0 saturated carbocycles. The van der Waals surface area contributed by atoms with Gasteiger partial charge in [0.25, 0.3) is 0 Å². The predicted octanol–water partition coefficient (Wildman–Crippen LogP) is 4.96. The second-order valence-electron chi connectivity index (χ2n) is 7.83. The third kappa shape index (κ3) is 4.34. The summed E-state index contributed by atoms with van der Waals surface area (Å²) in [5.41, 5.74) is 2.86. The molecule has 0 amide bonds. The fourth-order valence-corrected chi connectivity index (χ4v) is 3.86. The summed E-state index contributed by atoms with van der Waals surface area (Å²) in [6.45, 7) is 6.60. The summed E-state index contributed by atoms with van der Waals surface area (Å²) in [6.07, 6.45) is 0. The van der Waals surface area contributed by atoms with Crippen LogP contribution in [0.2, 0.25) is 0 Å². The molecule has 8 nitrogen and oxygen atoms in total. The Morgan fingerprint density at radius 2 is 1.76 bits per heavy atom. The molecule has 1 aromatic carbocycles. The summed E-state index contributed by atoms with van der Waals surface area (Å²) in [6, 6.07) is 12.4. The Labute approximate surface area is 195 Å². The molecule has 0 radical (unpaired) electrons. The number of carbonyl (C=O) groups excluding carboxylic acids is 3. The SMILES string of the molecule is CCOC(=O)c1c(C)[nH]c(C(=O)COC(=O)c2cc(-c3ccc(C)o3)nc3ccccc23)c1C. The topological polar surface area (TPSA) is 111 Å². The molecular weight excluding hydrogens is 436 g/mol. The van der Waals surface area contributed by atoms with Gasteiger partial charge >= 0.3 is 11.9 Å². The number of pyridine rings is 1. The normalized spacial score (nSPS) is 10.9. The zero-order valence-electron chi connectivity index (χ0n) is 19.4. The molecule has 174 valence electrons. The molecule has 0 spiro atoms. The Hall–Kier alpha value is -4.20. The Bertz CT molecular complexity index is 1410. The minimum atomic E-state index is -0.664. The number of hydrogen-bond donors (Lipinski definition) is 1. The van der Waals surface area contributed by atoms with Crippen LogP contribution < -0.4 is 0 Å². The molecule has 0 aliphatic rings. The van der Waals surface area contributed by atoms with Crippen molar-refractivity contribution >= 4 is 28.6 Å². The maximum atomic E-state index is 13.0. The number of ether oxygens (including phenoxy) is 2. The van der Waals surface area contributed by atoms with Crippen molar-refractivity contribution in [1.82, 2.24) is 9.97 Å². The quantitative estimate of drug-likeness (QED) is 0.306. The zero-order valence-corrected chi connectivity index (χ0v) is 19.4. The molecule has 0 bridgehead atoms. The van der Waals surface area contributed by atoms with Gasteiger partial charge in [0.05, 0.1) is 28.9 Å². The van der Waals surface area contributed by atoms with Crippen molar-refractivity contribution in [1.29, 1.82) is 0 Å². The van der Waals surface area contributed by atoms with E-state index in [2.05, 4.69) is 9.97 Å². The van der Waals surface area contributed by atoms with E-state index < -0.39 is 24.3 Å². The van der Waals surface area contributed by atoms with Gasteiger partial charge in [0.2, 0.25) is 5.78 Å². The molecule has 0 unspecified atom stereocenters. The molecule has 3 aromatic heterocycles. The number of esters is 2. The standard InChI is InChI=1S/C26H24N2O6/c1-5-32-26(31)23-15(3)24(27-16(23)4)21(29)13-33-25(30)18-12-20(22-11-10-14(2)34-22)28-19-9-7-6-8-17(18)19/h6-12,27H,5,13H2,1-4H3. The van der Waals surface area contributed by atoms with Crippen LogP contribution in [0.5, 0.6) is 0 Å². The Kier molecular flexibility index (Phi) is 6.32. The van der Waals surface area contributed by atoms with Crippen LogP contribution in [0.15, 0.2) is 46.9 Å². The van der Waals surface area contributed by atoms with E-state index in [4.69, 9.17) is 13.9 Å². The average Bonchev–Trinajstić information content (AvgIpc) is 3.39. The number of para-hydroxylation sites is 1. The summed E-state index contributed by atoms with van der Waals surface area (Å²) in [5, 5.41) is 0.600. The number of fused-ring (bicyclic) bond motifs is 1. The first kappa shape index (κ1) is 23.0. The van der Waals surface area contributed by atoms with Crippen LogP contribution in [0, 0.1) is 20.8 Å². The van der Waals surface area contributed by atoms with Gasteiger partial charge in [0, 0.05) is 11.1 Å². The average molecular weight is 460 g/mol. The number of aromatic nitrogens is 2. The van der Waals surface area contributed by atoms with Gasteiger partial charge < -0.3 is 18.9 Å². The van der Waals surface area contributed by atoms with Gasteiger partial charge in [-0.15, -0.1) is 0 Å². The van der Waals surface area contributed by atoms with Crippen LogP contribution in [0.4, 0.5) is 0 Å². The zero-order chi connectivity index (χ0) is 24.4. The number of ketones is 1. The summed E-state index contributed by atoms with van der Waals surface area (Å²) >= 11 is 0. The van der Waals surface area contributed by atoms with Gasteiger partial charge in [-0.25, -0.2) is 14.6 Å².